The number of pyridine rings is 2. The predicted octanol–water partition coefficient (Wildman–Crippen LogP) is 9.80. The van der Waals surface area contributed by atoms with Crippen LogP contribution >= 0.6 is 22.7 Å². The standard InChI is InChI=1S/C67H73N11O9S3/c1-38(2)87-64-39(3)49(26-30-68-64)50-24-25-56(77-33-27-43-12-11-13-51(52(43)36-77)61(81)74-66-71-53-14-9-10-15-55(53)89-66)72-57(50)63(83)75-90(85,86)48-22-20-46(21-23-48)76-31-28-45(29-32-76)60(80)73-59(67(6,7)8)65(84)78-35-47(79)34-54(78)62(82)70-40(4)42-16-18-44(19-17-42)58-41(5)69-37-88-58/h9-26,30,37-38,40,45,47,54,59,79H,27-29,31-36H2,1-8H3,(H,70,82)(H,73,80)(H,75,83)(H,71,74,81)/t40-,47+,54-,59+/m0/s1. The Hall–Kier alpha value is -8.64. The Morgan fingerprint density at radius 3 is 2.22 bits per heavy atom. The molecule has 8 aromatic rings. The highest BCUT2D eigenvalue weighted by molar-refractivity contribution is 7.90. The van der Waals surface area contributed by atoms with Crippen LogP contribution in [0.15, 0.2) is 126 Å². The zero-order chi connectivity index (χ0) is 63.8. The number of nitrogens with one attached hydrogen (secondary N) is 4. The molecule has 0 radical (unpaired) electrons. The van der Waals surface area contributed by atoms with Crippen molar-refractivity contribution in [1.29, 1.82) is 0 Å². The zero-order valence-corrected chi connectivity index (χ0v) is 53.9. The summed E-state index contributed by atoms with van der Waals surface area (Å²) < 4.78 is 37.8. The van der Waals surface area contributed by atoms with Crippen LogP contribution in [0.3, 0.4) is 0 Å². The van der Waals surface area contributed by atoms with E-state index in [2.05, 4.69) is 35.6 Å². The Bertz CT molecular complexity index is 4110. The SMILES string of the molecule is Cc1ncsc1-c1ccc([C@H](C)NC(=O)[C@@H]2C[C@@H](O)CN2C(=O)[C@@H](NC(=O)C2CCN(c3ccc(S(=O)(=O)NC(=O)c4nc(N5CCc6cccc(C(=O)Nc7nc8ccccc8s7)c6C5)ccc4-c4ccnc(OC(C)C)c4C)cc3)CC2)C(C)(C)C)cc1. The summed E-state index contributed by atoms with van der Waals surface area (Å²) in [4.78, 5) is 95.7. The van der Waals surface area contributed by atoms with Crippen molar-refractivity contribution in [3.8, 4) is 27.4 Å². The number of amides is 5. The van der Waals surface area contributed by atoms with Gasteiger partial charge in [-0.3, -0.25) is 29.3 Å². The lowest BCUT2D eigenvalue weighted by atomic mass is 9.84. The van der Waals surface area contributed by atoms with Gasteiger partial charge in [-0.15, -0.1) is 11.3 Å². The number of hydrogen-bond acceptors (Lipinski definition) is 17. The number of likely N-dealkylation sites (tertiary alicyclic amines) is 1. The number of benzene rings is 4. The minimum Gasteiger partial charge on any atom is -0.475 e. The molecule has 2 fully saturated rings. The number of thiazole rings is 2. The van der Waals surface area contributed by atoms with Gasteiger partial charge in [0, 0.05) is 73.6 Å². The molecule has 3 aliphatic heterocycles. The number of para-hydroxylation sites is 1. The van der Waals surface area contributed by atoms with Crippen LogP contribution in [0.4, 0.5) is 16.6 Å². The zero-order valence-electron chi connectivity index (χ0n) is 51.4. The molecule has 11 rings (SSSR count). The van der Waals surface area contributed by atoms with Gasteiger partial charge in [-0.2, -0.15) is 0 Å². The summed E-state index contributed by atoms with van der Waals surface area (Å²) in [5.41, 5.74) is 9.07. The lowest BCUT2D eigenvalue weighted by Gasteiger charge is -2.38. The van der Waals surface area contributed by atoms with Crippen molar-refractivity contribution in [2.24, 2.45) is 11.3 Å². The molecule has 0 unspecified atom stereocenters. The molecule has 0 saturated carbocycles. The molecule has 90 heavy (non-hydrogen) atoms. The number of sulfonamides is 1. The summed E-state index contributed by atoms with van der Waals surface area (Å²) in [5.74, 6) is -2.10. The third kappa shape index (κ3) is 13.6. The van der Waals surface area contributed by atoms with Gasteiger partial charge in [0.25, 0.3) is 21.8 Å². The number of piperidine rings is 1. The molecule has 0 spiro atoms. The van der Waals surface area contributed by atoms with Gasteiger partial charge in [-0.05, 0) is 148 Å². The Labute approximate surface area is 531 Å². The van der Waals surface area contributed by atoms with Crippen molar-refractivity contribution in [2.75, 3.05) is 41.3 Å². The van der Waals surface area contributed by atoms with Crippen LogP contribution in [-0.4, -0.2) is 118 Å². The number of aromatic nitrogens is 4. The summed E-state index contributed by atoms with van der Waals surface area (Å²) in [6.07, 6.45) is 1.94. The van der Waals surface area contributed by atoms with Crippen molar-refractivity contribution in [2.45, 2.75) is 123 Å². The maximum absolute atomic E-state index is 14.7. The van der Waals surface area contributed by atoms with Crippen molar-refractivity contribution >= 4 is 89.1 Å². The number of hydrogen-bond donors (Lipinski definition) is 5. The molecule has 4 aromatic carbocycles. The molecular weight excluding hydrogens is 1200 g/mol. The van der Waals surface area contributed by atoms with E-state index in [9.17, 15) is 37.5 Å². The third-order valence-electron chi connectivity index (χ3n) is 16.9. The highest BCUT2D eigenvalue weighted by Crippen LogP contribution is 2.36. The average Bonchev–Trinajstić information content (AvgIpc) is 1.33. The van der Waals surface area contributed by atoms with Crippen LogP contribution in [0, 0.1) is 25.2 Å². The Morgan fingerprint density at radius 2 is 1.52 bits per heavy atom. The second-order valence-electron chi connectivity index (χ2n) is 24.6. The molecule has 5 amide bonds. The fourth-order valence-electron chi connectivity index (χ4n) is 12.0. The van der Waals surface area contributed by atoms with Gasteiger partial charge in [0.1, 0.15) is 23.6 Å². The van der Waals surface area contributed by atoms with E-state index in [0.29, 0.717) is 83.7 Å². The van der Waals surface area contributed by atoms with Gasteiger partial charge in [-0.25, -0.2) is 33.1 Å². The van der Waals surface area contributed by atoms with Crippen LogP contribution < -0.4 is 35.2 Å². The number of aliphatic hydroxyl groups excluding tert-OH is 1. The number of anilines is 3. The number of ether oxygens (including phenoxy) is 1. The molecule has 23 heteroatoms. The second-order valence-corrected chi connectivity index (χ2v) is 28.2. The quantitative estimate of drug-likeness (QED) is 0.0568. The Balaban J connectivity index is 0.744. The van der Waals surface area contributed by atoms with E-state index < -0.39 is 57.3 Å². The van der Waals surface area contributed by atoms with E-state index in [1.54, 1.807) is 53.9 Å². The first-order valence-electron chi connectivity index (χ1n) is 30.2. The fraction of sp³-hybridized carbons (Fsp3) is 0.358. The van der Waals surface area contributed by atoms with Gasteiger partial charge in [-0.1, -0.05) is 80.6 Å². The molecule has 3 aliphatic rings. The number of carbonyl (C=O) groups excluding carboxylic acids is 5. The summed E-state index contributed by atoms with van der Waals surface area (Å²) in [7, 11) is -4.49. The predicted molar refractivity (Wildman–Crippen MR) is 349 cm³/mol. The largest absolute Gasteiger partial charge is 0.475 e. The van der Waals surface area contributed by atoms with Crippen LogP contribution in [0.2, 0.25) is 0 Å². The van der Waals surface area contributed by atoms with E-state index in [1.807, 2.05) is 131 Å². The van der Waals surface area contributed by atoms with E-state index in [4.69, 9.17) is 9.72 Å². The van der Waals surface area contributed by atoms with Crippen LogP contribution in [-0.2, 0) is 37.4 Å². The molecular formula is C67H73N11O9S3. The van der Waals surface area contributed by atoms with Crippen LogP contribution in [0.5, 0.6) is 5.88 Å². The van der Waals surface area contributed by atoms with Gasteiger partial charge in [0.2, 0.25) is 23.6 Å². The first-order valence-corrected chi connectivity index (χ1v) is 33.4. The number of rotatable bonds is 17. The lowest BCUT2D eigenvalue weighted by Crippen LogP contribution is -2.59. The Morgan fingerprint density at radius 1 is 0.778 bits per heavy atom. The van der Waals surface area contributed by atoms with E-state index >= 15 is 0 Å². The average molecular weight is 1270 g/mol. The number of nitrogens with zero attached hydrogens (tertiary/aromatic N) is 7. The fourth-order valence-corrected chi connectivity index (χ4v) is 14.6. The van der Waals surface area contributed by atoms with Gasteiger partial charge < -0.3 is 35.2 Å². The Kier molecular flexibility index (Phi) is 18.2. The van der Waals surface area contributed by atoms with E-state index in [-0.39, 0.29) is 54.1 Å². The molecule has 0 bridgehead atoms. The molecule has 0 aliphatic carbocycles. The van der Waals surface area contributed by atoms with E-state index in [0.717, 1.165) is 43.0 Å². The summed E-state index contributed by atoms with van der Waals surface area (Å²) in [6.45, 7) is 16.6. The number of carbonyl (C=O) groups is 5. The van der Waals surface area contributed by atoms with Gasteiger partial charge in [0.15, 0.2) is 5.13 Å². The smallest absolute Gasteiger partial charge is 0.284 e. The highest BCUT2D eigenvalue weighted by Gasteiger charge is 2.45. The van der Waals surface area contributed by atoms with Gasteiger partial charge >= 0.3 is 0 Å². The molecule has 4 aromatic heterocycles. The number of aryl methyl sites for hydroxylation is 1. The lowest BCUT2D eigenvalue weighted by molar-refractivity contribution is -0.144. The van der Waals surface area contributed by atoms with E-state index in [1.165, 1.54) is 28.4 Å². The maximum Gasteiger partial charge on any atom is 0.284 e. The number of fused-ring (bicyclic) bond motifs is 2. The summed E-state index contributed by atoms with van der Waals surface area (Å²) >= 11 is 2.95. The monoisotopic (exact) mass is 1270 g/mol. The van der Waals surface area contributed by atoms with Crippen molar-refractivity contribution in [3.63, 3.8) is 0 Å². The minimum absolute atomic E-state index is 0.0520. The molecule has 4 atom stereocenters. The van der Waals surface area contributed by atoms with Crippen molar-refractivity contribution < 1.29 is 42.2 Å². The first-order chi connectivity index (χ1) is 43.0. The van der Waals surface area contributed by atoms with Crippen LogP contribution in [0.25, 0.3) is 31.8 Å². The topological polar surface area (TPSA) is 258 Å². The van der Waals surface area contributed by atoms with Crippen molar-refractivity contribution in [1.82, 2.24) is 40.2 Å². The maximum atomic E-state index is 14.7. The highest BCUT2D eigenvalue weighted by atomic mass is 32.2. The number of β-amino-alcohol motifs (C(OH)–C–C–N with tert-alkyl or cyclic N) is 1. The van der Waals surface area contributed by atoms with Crippen molar-refractivity contribution in [3.05, 3.63) is 160 Å². The molecule has 7 heterocycles. The molecule has 5 N–H and O–H groups in total. The second kappa shape index (κ2) is 26.1. The van der Waals surface area contributed by atoms with Crippen LogP contribution in [0.1, 0.15) is 116 Å². The number of aliphatic hydroxyl groups is 1. The minimum atomic E-state index is -4.49. The van der Waals surface area contributed by atoms with Gasteiger partial charge in [0.05, 0.1) is 49.4 Å². The summed E-state index contributed by atoms with van der Waals surface area (Å²) in [6, 6.07) is 30.3. The summed E-state index contributed by atoms with van der Waals surface area (Å²) in [5, 5.41) is 20.4. The first kappa shape index (κ1) is 62.9. The molecule has 468 valence electrons. The molecule has 2 saturated heterocycles. The molecule has 20 nitrogen and oxygen atoms in total. The normalized spacial score (nSPS) is 17.0. The third-order valence-corrected chi connectivity index (χ3v) is 20.2.